The molecule has 1 amide bonds. The van der Waals surface area contributed by atoms with Crippen molar-refractivity contribution < 1.29 is 4.79 Å². The van der Waals surface area contributed by atoms with Crippen molar-refractivity contribution in [2.45, 2.75) is 38.5 Å². The van der Waals surface area contributed by atoms with Gasteiger partial charge in [-0.25, -0.2) is 0 Å². The Bertz CT molecular complexity index is 416. The van der Waals surface area contributed by atoms with Crippen molar-refractivity contribution >= 4 is 11.6 Å². The van der Waals surface area contributed by atoms with Crippen molar-refractivity contribution in [3.8, 4) is 0 Å². The smallest absolute Gasteiger partial charge is 0.253 e. The highest BCUT2D eigenvalue weighted by Crippen LogP contribution is 2.28. The van der Waals surface area contributed by atoms with Gasteiger partial charge in [0.15, 0.2) is 0 Å². The van der Waals surface area contributed by atoms with Gasteiger partial charge in [-0.1, -0.05) is 25.7 Å². The molecule has 0 saturated heterocycles. The van der Waals surface area contributed by atoms with Gasteiger partial charge < -0.3 is 10.7 Å². The SMILES string of the molecule is NNc1cnccc1C(=O)NCCCC1CCCC1. The number of carbonyl (C=O) groups is 1. The van der Waals surface area contributed by atoms with E-state index in [-0.39, 0.29) is 5.91 Å². The van der Waals surface area contributed by atoms with Gasteiger partial charge in [0.1, 0.15) is 0 Å². The number of hydrogen-bond acceptors (Lipinski definition) is 4. The summed E-state index contributed by atoms with van der Waals surface area (Å²) in [6.45, 7) is 0.724. The van der Waals surface area contributed by atoms with E-state index in [4.69, 9.17) is 5.84 Å². The second kappa shape index (κ2) is 7.09. The monoisotopic (exact) mass is 262 g/mol. The van der Waals surface area contributed by atoms with Crippen LogP contribution in [0, 0.1) is 5.92 Å². The van der Waals surface area contributed by atoms with Crippen LogP contribution in [0.4, 0.5) is 5.69 Å². The Balaban J connectivity index is 1.74. The number of nitrogens with one attached hydrogen (secondary N) is 2. The average Bonchev–Trinajstić information content (AvgIpc) is 2.96. The van der Waals surface area contributed by atoms with Crippen molar-refractivity contribution in [2.75, 3.05) is 12.0 Å². The summed E-state index contributed by atoms with van der Waals surface area (Å²) in [5.74, 6) is 6.13. The Morgan fingerprint density at radius 1 is 1.42 bits per heavy atom. The van der Waals surface area contributed by atoms with Gasteiger partial charge in [0, 0.05) is 12.7 Å². The summed E-state index contributed by atoms with van der Waals surface area (Å²) in [4.78, 5) is 15.9. The van der Waals surface area contributed by atoms with Gasteiger partial charge in [0.25, 0.3) is 5.91 Å². The summed E-state index contributed by atoms with van der Waals surface area (Å²) in [6, 6.07) is 1.67. The lowest BCUT2D eigenvalue weighted by molar-refractivity contribution is 0.0953. The molecule has 1 aromatic rings. The lowest BCUT2D eigenvalue weighted by Gasteiger charge is -2.11. The molecule has 1 aliphatic rings. The van der Waals surface area contributed by atoms with Crippen LogP contribution in [0.3, 0.4) is 0 Å². The van der Waals surface area contributed by atoms with E-state index in [0.29, 0.717) is 11.3 Å². The highest BCUT2D eigenvalue weighted by Gasteiger charge is 2.14. The summed E-state index contributed by atoms with van der Waals surface area (Å²) in [7, 11) is 0. The van der Waals surface area contributed by atoms with E-state index in [9.17, 15) is 4.79 Å². The molecular formula is C14H22N4O. The van der Waals surface area contributed by atoms with Crippen molar-refractivity contribution in [1.29, 1.82) is 0 Å². The minimum Gasteiger partial charge on any atom is -0.352 e. The zero-order chi connectivity index (χ0) is 13.5. The lowest BCUT2D eigenvalue weighted by Crippen LogP contribution is -2.26. The molecule has 19 heavy (non-hydrogen) atoms. The lowest BCUT2D eigenvalue weighted by atomic mass is 10.0. The maximum Gasteiger partial charge on any atom is 0.253 e. The predicted octanol–water partition coefficient (Wildman–Crippen LogP) is 2.07. The van der Waals surface area contributed by atoms with Crippen LogP contribution in [0.1, 0.15) is 48.9 Å². The number of anilines is 1. The largest absolute Gasteiger partial charge is 0.352 e. The van der Waals surface area contributed by atoms with Crippen LogP contribution in [0.5, 0.6) is 0 Å². The third kappa shape index (κ3) is 3.92. The molecule has 0 unspecified atom stereocenters. The zero-order valence-electron chi connectivity index (χ0n) is 11.2. The number of pyridine rings is 1. The van der Waals surface area contributed by atoms with Crippen LogP contribution in [0.2, 0.25) is 0 Å². The molecule has 0 radical (unpaired) electrons. The Labute approximate surface area is 114 Å². The van der Waals surface area contributed by atoms with E-state index in [2.05, 4.69) is 15.7 Å². The molecule has 1 fully saturated rings. The zero-order valence-corrected chi connectivity index (χ0v) is 11.2. The molecule has 5 nitrogen and oxygen atoms in total. The van der Waals surface area contributed by atoms with Gasteiger partial charge in [0.2, 0.25) is 0 Å². The molecular weight excluding hydrogens is 240 g/mol. The minimum atomic E-state index is -0.0956. The van der Waals surface area contributed by atoms with E-state index in [1.165, 1.54) is 32.1 Å². The van der Waals surface area contributed by atoms with E-state index >= 15 is 0 Å². The third-order valence-electron chi connectivity index (χ3n) is 3.77. The van der Waals surface area contributed by atoms with Crippen LogP contribution < -0.4 is 16.6 Å². The van der Waals surface area contributed by atoms with E-state index in [1.54, 1.807) is 18.5 Å². The number of nitrogens with zero attached hydrogens (tertiary/aromatic N) is 1. The van der Waals surface area contributed by atoms with Crippen molar-refractivity contribution in [1.82, 2.24) is 10.3 Å². The number of aromatic nitrogens is 1. The molecule has 104 valence electrons. The number of hydrogen-bond donors (Lipinski definition) is 3. The van der Waals surface area contributed by atoms with Crippen LogP contribution in [-0.4, -0.2) is 17.4 Å². The summed E-state index contributed by atoms with van der Waals surface area (Å²) in [6.07, 6.45) is 10.9. The first-order valence-corrected chi connectivity index (χ1v) is 7.00. The first kappa shape index (κ1) is 13.8. The number of nitrogens with two attached hydrogens (primary N) is 1. The highest BCUT2D eigenvalue weighted by molar-refractivity contribution is 5.99. The fourth-order valence-electron chi connectivity index (χ4n) is 2.69. The summed E-state index contributed by atoms with van der Waals surface area (Å²) in [5, 5.41) is 2.94. The fourth-order valence-corrected chi connectivity index (χ4v) is 2.69. The van der Waals surface area contributed by atoms with Crippen LogP contribution in [0.25, 0.3) is 0 Å². The molecule has 0 atom stereocenters. The maximum absolute atomic E-state index is 12.0. The Morgan fingerprint density at radius 3 is 2.95 bits per heavy atom. The standard InChI is InChI=1S/C14H22N4O/c15-18-13-10-16-9-7-12(13)14(19)17-8-3-6-11-4-1-2-5-11/h7,9-11,18H,1-6,8,15H2,(H,17,19). The van der Waals surface area contributed by atoms with Gasteiger partial charge in [0.05, 0.1) is 17.4 Å². The van der Waals surface area contributed by atoms with Gasteiger partial charge in [-0.2, -0.15) is 0 Å². The molecule has 1 aliphatic carbocycles. The average molecular weight is 262 g/mol. The second-order valence-corrected chi connectivity index (χ2v) is 5.11. The first-order chi connectivity index (χ1) is 9.31. The van der Waals surface area contributed by atoms with Crippen LogP contribution in [0.15, 0.2) is 18.5 Å². The van der Waals surface area contributed by atoms with Crippen molar-refractivity contribution in [2.24, 2.45) is 11.8 Å². The minimum absolute atomic E-state index is 0.0956. The molecule has 0 aliphatic heterocycles. The van der Waals surface area contributed by atoms with Crippen LogP contribution >= 0.6 is 0 Å². The molecule has 0 aromatic carbocycles. The molecule has 5 heteroatoms. The number of carbonyl (C=O) groups excluding carboxylic acids is 1. The second-order valence-electron chi connectivity index (χ2n) is 5.11. The van der Waals surface area contributed by atoms with E-state index < -0.39 is 0 Å². The normalized spacial score (nSPS) is 15.4. The van der Waals surface area contributed by atoms with Crippen molar-refractivity contribution in [3.63, 3.8) is 0 Å². The molecule has 1 aromatic heterocycles. The third-order valence-corrected chi connectivity index (χ3v) is 3.77. The van der Waals surface area contributed by atoms with Gasteiger partial charge in [-0.05, 0) is 24.8 Å². The van der Waals surface area contributed by atoms with Gasteiger partial charge in [-0.3, -0.25) is 15.6 Å². The van der Waals surface area contributed by atoms with Gasteiger partial charge in [-0.15, -0.1) is 0 Å². The fraction of sp³-hybridized carbons (Fsp3) is 0.571. The van der Waals surface area contributed by atoms with Crippen LogP contribution in [-0.2, 0) is 0 Å². The molecule has 1 saturated carbocycles. The highest BCUT2D eigenvalue weighted by atomic mass is 16.1. The molecule has 0 bridgehead atoms. The molecule has 0 spiro atoms. The summed E-state index contributed by atoms with van der Waals surface area (Å²) < 4.78 is 0. The quantitative estimate of drug-likeness (QED) is 0.416. The summed E-state index contributed by atoms with van der Waals surface area (Å²) >= 11 is 0. The van der Waals surface area contributed by atoms with Gasteiger partial charge >= 0.3 is 0 Å². The number of rotatable bonds is 6. The van der Waals surface area contributed by atoms with E-state index in [0.717, 1.165) is 18.9 Å². The Hall–Kier alpha value is -1.62. The molecule has 2 rings (SSSR count). The topological polar surface area (TPSA) is 80.0 Å². The summed E-state index contributed by atoms with van der Waals surface area (Å²) in [5.41, 5.74) is 3.58. The Kier molecular flexibility index (Phi) is 5.15. The van der Waals surface area contributed by atoms with Crippen molar-refractivity contribution in [3.05, 3.63) is 24.0 Å². The maximum atomic E-state index is 12.0. The number of amides is 1. The Morgan fingerprint density at radius 2 is 2.21 bits per heavy atom. The number of nitrogen functional groups attached to an aromatic ring is 1. The van der Waals surface area contributed by atoms with E-state index in [1.807, 2.05) is 0 Å². The molecule has 4 N–H and O–H groups in total. The number of hydrazine groups is 1. The molecule has 1 heterocycles. The first-order valence-electron chi connectivity index (χ1n) is 7.00. The predicted molar refractivity (Wildman–Crippen MR) is 75.6 cm³/mol.